The molecule has 0 aliphatic rings. The maximum absolute atomic E-state index is 11.7. The smallest absolute Gasteiger partial charge is 0.151 e. The van der Waals surface area contributed by atoms with E-state index in [9.17, 15) is 9.59 Å². The molecule has 0 fully saturated rings. The molecule has 0 saturated carbocycles. The maximum atomic E-state index is 11.7. The minimum absolute atomic E-state index is 0.334. The van der Waals surface area contributed by atoms with Crippen molar-refractivity contribution in [1.29, 1.82) is 21.6 Å². The SMILES string of the molecule is N=C(N)C(C(=N)N)C(=O)CCC(=O)C(C(=N)N)C(=N)N. The molecule has 0 rings (SSSR count). The van der Waals surface area contributed by atoms with Gasteiger partial charge in [-0.2, -0.15) is 0 Å². The molecular formula is C10H18N8O2. The fourth-order valence-corrected chi connectivity index (χ4v) is 1.56. The van der Waals surface area contributed by atoms with Crippen molar-refractivity contribution < 1.29 is 9.59 Å². The lowest BCUT2D eigenvalue weighted by Gasteiger charge is -2.14. The van der Waals surface area contributed by atoms with E-state index in [1.807, 2.05) is 0 Å². The molecule has 0 aromatic heterocycles. The van der Waals surface area contributed by atoms with Gasteiger partial charge in [0.25, 0.3) is 0 Å². The van der Waals surface area contributed by atoms with Crippen LogP contribution in [0.15, 0.2) is 0 Å². The predicted molar refractivity (Wildman–Crippen MR) is 73.9 cm³/mol. The molecule has 0 heterocycles. The fraction of sp³-hybridized carbons (Fsp3) is 0.400. The molecule has 0 bridgehead atoms. The van der Waals surface area contributed by atoms with Gasteiger partial charge in [-0.05, 0) is 0 Å². The first kappa shape index (κ1) is 17.2. The highest BCUT2D eigenvalue weighted by Gasteiger charge is 2.28. The van der Waals surface area contributed by atoms with Crippen molar-refractivity contribution in [3.63, 3.8) is 0 Å². The number of nitrogens with two attached hydrogens (primary N) is 4. The summed E-state index contributed by atoms with van der Waals surface area (Å²) in [5.41, 5.74) is 20.6. The molecule has 10 heteroatoms. The van der Waals surface area contributed by atoms with Crippen LogP contribution < -0.4 is 22.9 Å². The van der Waals surface area contributed by atoms with E-state index in [1.54, 1.807) is 0 Å². The second-order valence-electron chi connectivity index (χ2n) is 4.12. The van der Waals surface area contributed by atoms with Gasteiger partial charge in [-0.3, -0.25) is 31.2 Å². The summed E-state index contributed by atoms with van der Waals surface area (Å²) in [5, 5.41) is 28.6. The van der Waals surface area contributed by atoms with Crippen LogP contribution in [0, 0.1) is 33.5 Å². The highest BCUT2D eigenvalue weighted by atomic mass is 16.1. The molecule has 0 atom stereocenters. The van der Waals surface area contributed by atoms with Gasteiger partial charge in [-0.25, -0.2) is 0 Å². The van der Waals surface area contributed by atoms with E-state index in [0.717, 1.165) is 0 Å². The van der Waals surface area contributed by atoms with Gasteiger partial charge in [0, 0.05) is 12.8 Å². The largest absolute Gasteiger partial charge is 0.387 e. The van der Waals surface area contributed by atoms with E-state index in [0.29, 0.717) is 0 Å². The zero-order chi connectivity index (χ0) is 16.0. The second kappa shape index (κ2) is 6.97. The molecule has 0 unspecified atom stereocenters. The van der Waals surface area contributed by atoms with E-state index < -0.39 is 46.7 Å². The van der Waals surface area contributed by atoms with Crippen LogP contribution in [0.4, 0.5) is 0 Å². The number of hydrogen-bond acceptors (Lipinski definition) is 6. The van der Waals surface area contributed by atoms with Crippen molar-refractivity contribution >= 4 is 34.9 Å². The average molecular weight is 282 g/mol. The average Bonchev–Trinajstić information content (AvgIpc) is 2.23. The zero-order valence-corrected chi connectivity index (χ0v) is 10.7. The third-order valence-electron chi connectivity index (χ3n) is 2.51. The third kappa shape index (κ3) is 4.48. The molecule has 20 heavy (non-hydrogen) atoms. The molecule has 0 saturated heterocycles. The Kier molecular flexibility index (Phi) is 6.00. The van der Waals surface area contributed by atoms with Crippen LogP contribution in [0.2, 0.25) is 0 Å². The van der Waals surface area contributed by atoms with E-state index in [1.165, 1.54) is 0 Å². The van der Waals surface area contributed by atoms with Gasteiger partial charge in [0.2, 0.25) is 0 Å². The normalized spacial score (nSPS) is 13.0. The van der Waals surface area contributed by atoms with Gasteiger partial charge in [0.15, 0.2) is 11.6 Å². The molecule has 10 nitrogen and oxygen atoms in total. The van der Waals surface area contributed by atoms with Crippen LogP contribution in [-0.4, -0.2) is 34.9 Å². The lowest BCUT2D eigenvalue weighted by Crippen LogP contribution is -2.42. The quantitative estimate of drug-likeness (QED) is 0.174. The number of nitrogens with one attached hydrogen (secondary N) is 4. The number of amidine groups is 4. The Morgan fingerprint density at radius 2 is 0.850 bits per heavy atom. The number of Topliss-reactive ketones (excluding diaryl/α,β-unsaturated/α-hetero) is 2. The number of rotatable bonds is 9. The van der Waals surface area contributed by atoms with Crippen molar-refractivity contribution in [2.75, 3.05) is 0 Å². The molecule has 0 aliphatic heterocycles. The number of ketones is 2. The van der Waals surface area contributed by atoms with E-state index in [4.69, 9.17) is 44.6 Å². The molecule has 0 spiro atoms. The van der Waals surface area contributed by atoms with Gasteiger partial charge in [-0.15, -0.1) is 0 Å². The number of carbonyl (C=O) groups is 2. The van der Waals surface area contributed by atoms with Crippen molar-refractivity contribution in [2.45, 2.75) is 12.8 Å². The zero-order valence-electron chi connectivity index (χ0n) is 10.7. The van der Waals surface area contributed by atoms with Crippen LogP contribution in [0.25, 0.3) is 0 Å². The Labute approximate surface area is 114 Å². The molecule has 0 aromatic rings. The standard InChI is InChI=1S/C10H18N8O2/c11-7(12)5(8(13)14)3(19)1-2-4(20)6(9(15)16)10(17)18/h5-6H,1-2H2,(H3,11,12)(H3,13,14)(H3,15,16)(H3,17,18). The highest BCUT2D eigenvalue weighted by molar-refractivity contribution is 6.21. The van der Waals surface area contributed by atoms with E-state index >= 15 is 0 Å². The van der Waals surface area contributed by atoms with Gasteiger partial charge >= 0.3 is 0 Å². The van der Waals surface area contributed by atoms with Crippen LogP contribution in [-0.2, 0) is 9.59 Å². The van der Waals surface area contributed by atoms with Crippen molar-refractivity contribution in [3.05, 3.63) is 0 Å². The summed E-state index contributed by atoms with van der Waals surface area (Å²) in [6.45, 7) is 0. The summed E-state index contributed by atoms with van der Waals surface area (Å²) in [4.78, 5) is 23.5. The lowest BCUT2D eigenvalue weighted by molar-refractivity contribution is -0.124. The van der Waals surface area contributed by atoms with Crippen molar-refractivity contribution in [2.24, 2.45) is 34.8 Å². The Morgan fingerprint density at radius 3 is 1.00 bits per heavy atom. The van der Waals surface area contributed by atoms with Crippen molar-refractivity contribution in [3.8, 4) is 0 Å². The fourth-order valence-electron chi connectivity index (χ4n) is 1.56. The first-order valence-electron chi connectivity index (χ1n) is 5.50. The van der Waals surface area contributed by atoms with E-state index in [-0.39, 0.29) is 12.8 Å². The number of carbonyl (C=O) groups excluding carboxylic acids is 2. The van der Waals surface area contributed by atoms with Gasteiger partial charge in [0.05, 0.1) is 0 Å². The first-order valence-corrected chi connectivity index (χ1v) is 5.50. The topological polar surface area (TPSA) is 234 Å². The van der Waals surface area contributed by atoms with Gasteiger partial charge in [-0.1, -0.05) is 0 Å². The Balaban J connectivity index is 4.77. The van der Waals surface area contributed by atoms with Crippen LogP contribution in [0.1, 0.15) is 12.8 Å². The van der Waals surface area contributed by atoms with Crippen LogP contribution in [0.3, 0.4) is 0 Å². The van der Waals surface area contributed by atoms with Crippen LogP contribution >= 0.6 is 0 Å². The van der Waals surface area contributed by atoms with Gasteiger partial charge in [0.1, 0.15) is 35.2 Å². The first-order chi connectivity index (χ1) is 9.09. The summed E-state index contributed by atoms with van der Waals surface area (Å²) in [7, 11) is 0. The molecular weight excluding hydrogens is 264 g/mol. The monoisotopic (exact) mass is 282 g/mol. The van der Waals surface area contributed by atoms with Gasteiger partial charge < -0.3 is 22.9 Å². The summed E-state index contributed by atoms with van der Waals surface area (Å²) >= 11 is 0. The van der Waals surface area contributed by atoms with Crippen molar-refractivity contribution in [1.82, 2.24) is 0 Å². The minimum atomic E-state index is -1.36. The number of hydrogen-bond donors (Lipinski definition) is 8. The summed E-state index contributed by atoms with van der Waals surface area (Å²) in [6.07, 6.45) is -0.667. The third-order valence-corrected chi connectivity index (χ3v) is 2.51. The molecule has 12 N–H and O–H groups in total. The van der Waals surface area contributed by atoms with E-state index in [2.05, 4.69) is 0 Å². The maximum Gasteiger partial charge on any atom is 0.151 e. The Morgan fingerprint density at radius 1 is 0.650 bits per heavy atom. The summed E-state index contributed by atoms with van der Waals surface area (Å²) < 4.78 is 0. The molecule has 0 aromatic carbocycles. The Hall–Kier alpha value is -2.78. The lowest BCUT2D eigenvalue weighted by atomic mass is 9.93. The molecule has 0 amide bonds. The predicted octanol–water partition coefficient (Wildman–Crippen LogP) is -2.12. The van der Waals surface area contributed by atoms with Crippen LogP contribution in [0.5, 0.6) is 0 Å². The summed E-state index contributed by atoms with van der Waals surface area (Å²) in [6, 6.07) is 0. The summed E-state index contributed by atoms with van der Waals surface area (Å²) in [5.74, 6) is -6.37. The highest BCUT2D eigenvalue weighted by Crippen LogP contribution is 2.09. The molecule has 110 valence electrons. The Bertz CT molecular complexity index is 412. The second-order valence-corrected chi connectivity index (χ2v) is 4.12. The molecule has 0 aliphatic carbocycles. The molecule has 0 radical (unpaired) electrons. The minimum Gasteiger partial charge on any atom is -0.387 e.